The molecule has 0 unspecified atom stereocenters. The van der Waals surface area contributed by atoms with Gasteiger partial charge < -0.3 is 10.2 Å². The molecule has 2 aromatic carbocycles. The fraction of sp³-hybridized carbons (Fsp3) is 0.0769. The van der Waals surface area contributed by atoms with Gasteiger partial charge in [0.2, 0.25) is 0 Å². The highest BCUT2D eigenvalue weighted by molar-refractivity contribution is 5.85. The first-order valence-corrected chi connectivity index (χ1v) is 5.22. The molecule has 0 heterocycles. The maximum Gasteiger partial charge on any atom is 0.151 e. The van der Waals surface area contributed by atoms with Crippen LogP contribution in [0, 0.1) is 5.82 Å². The third-order valence-corrected chi connectivity index (χ3v) is 2.34. The van der Waals surface area contributed by atoms with Gasteiger partial charge in [0.05, 0.1) is 5.69 Å². The Morgan fingerprint density at radius 1 is 1.11 bits per heavy atom. The zero-order valence-corrected chi connectivity index (χ0v) is 10.4. The molecular weight excluding hydrogens is 255 g/mol. The summed E-state index contributed by atoms with van der Waals surface area (Å²) in [6.45, 7) is 0.412. The summed E-state index contributed by atoms with van der Waals surface area (Å²) in [7, 11) is 0. The van der Waals surface area contributed by atoms with Gasteiger partial charge in [-0.05, 0) is 17.7 Å². The zero-order chi connectivity index (χ0) is 12.1. The second-order valence-electron chi connectivity index (χ2n) is 3.56. The Hall–Kier alpha value is -1.78. The Kier molecular flexibility index (Phi) is 5.42. The first kappa shape index (κ1) is 14.3. The van der Waals surface area contributed by atoms with Crippen molar-refractivity contribution in [3.8, 4) is 5.75 Å². The lowest BCUT2D eigenvalue weighted by Gasteiger charge is -2.08. The van der Waals surface area contributed by atoms with E-state index in [9.17, 15) is 4.39 Å². The van der Waals surface area contributed by atoms with Crippen LogP contribution >= 0.6 is 12.4 Å². The smallest absolute Gasteiger partial charge is 0.151 e. The normalized spacial score (nSPS) is 9.44. The van der Waals surface area contributed by atoms with Gasteiger partial charge in [0.1, 0.15) is 12.4 Å². The molecule has 0 aliphatic carbocycles. The Morgan fingerprint density at radius 3 is 2.44 bits per heavy atom. The molecule has 0 aliphatic heterocycles. The Bertz CT molecular complexity index is 494. The monoisotopic (exact) mass is 268 g/mol. The molecule has 0 saturated carbocycles. The van der Waals surface area contributed by atoms with Crippen molar-refractivity contribution in [1.82, 2.24) is 0 Å². The summed E-state index contributed by atoms with van der Waals surface area (Å²) in [6, 6.07) is 14.2. The van der Waals surface area contributed by atoms with E-state index in [1.165, 1.54) is 12.1 Å². The summed E-state index contributed by atoms with van der Waals surface area (Å²) < 4.78 is 18.8. The van der Waals surface area contributed by atoms with Crippen molar-refractivity contribution in [3.05, 3.63) is 59.9 Å². The maximum absolute atomic E-state index is 13.4. The van der Waals surface area contributed by atoms with Crippen LogP contribution in [0.25, 0.3) is 0 Å². The number of nitrogens with one attached hydrogen (secondary N) is 1. The standard InChI is InChI=1S/C13H13FN2O.ClH/c14-12-8-11(6-7-13(12)16-15)17-9-10-4-2-1-3-5-10;/h1-8,16H,9,15H2;1H. The fourth-order valence-corrected chi connectivity index (χ4v) is 1.44. The van der Waals surface area contributed by atoms with Crippen molar-refractivity contribution in [2.45, 2.75) is 6.61 Å². The molecule has 18 heavy (non-hydrogen) atoms. The Morgan fingerprint density at radius 2 is 1.83 bits per heavy atom. The topological polar surface area (TPSA) is 47.3 Å². The fourth-order valence-electron chi connectivity index (χ4n) is 1.44. The molecule has 0 aliphatic rings. The summed E-state index contributed by atoms with van der Waals surface area (Å²) in [5.74, 6) is 5.18. The number of hydrogen-bond donors (Lipinski definition) is 2. The highest BCUT2D eigenvalue weighted by Crippen LogP contribution is 2.20. The van der Waals surface area contributed by atoms with Crippen LogP contribution in [0.2, 0.25) is 0 Å². The second-order valence-corrected chi connectivity index (χ2v) is 3.56. The first-order chi connectivity index (χ1) is 8.29. The van der Waals surface area contributed by atoms with Crippen LogP contribution in [0.4, 0.5) is 10.1 Å². The van der Waals surface area contributed by atoms with Crippen LogP contribution in [-0.4, -0.2) is 0 Å². The van der Waals surface area contributed by atoms with E-state index in [1.807, 2.05) is 30.3 Å². The molecule has 3 N–H and O–H groups in total. The summed E-state index contributed by atoms with van der Waals surface area (Å²) in [5, 5.41) is 0. The van der Waals surface area contributed by atoms with Gasteiger partial charge in [-0.1, -0.05) is 30.3 Å². The molecule has 2 rings (SSSR count). The molecule has 0 amide bonds. The van der Waals surface area contributed by atoms with Crippen LogP contribution in [-0.2, 0) is 6.61 Å². The molecule has 0 spiro atoms. The van der Waals surface area contributed by atoms with E-state index in [1.54, 1.807) is 6.07 Å². The predicted octanol–water partition coefficient (Wildman–Crippen LogP) is 3.11. The Labute approximate surface area is 111 Å². The number of ether oxygens (including phenoxy) is 1. The van der Waals surface area contributed by atoms with Crippen molar-refractivity contribution in [2.75, 3.05) is 5.43 Å². The van der Waals surface area contributed by atoms with Gasteiger partial charge in [0.25, 0.3) is 0 Å². The maximum atomic E-state index is 13.4. The average molecular weight is 269 g/mol. The molecule has 96 valence electrons. The lowest BCUT2D eigenvalue weighted by atomic mass is 10.2. The number of hydrogen-bond acceptors (Lipinski definition) is 3. The van der Waals surface area contributed by atoms with E-state index in [4.69, 9.17) is 10.6 Å². The van der Waals surface area contributed by atoms with Gasteiger partial charge in [-0.25, -0.2) is 4.39 Å². The van der Waals surface area contributed by atoms with E-state index < -0.39 is 5.82 Å². The minimum absolute atomic E-state index is 0. The van der Waals surface area contributed by atoms with E-state index >= 15 is 0 Å². The number of benzene rings is 2. The van der Waals surface area contributed by atoms with Gasteiger partial charge in [-0.15, -0.1) is 12.4 Å². The summed E-state index contributed by atoms with van der Waals surface area (Å²) in [5.41, 5.74) is 3.55. The van der Waals surface area contributed by atoms with Gasteiger partial charge in [-0.3, -0.25) is 5.84 Å². The van der Waals surface area contributed by atoms with Crippen LogP contribution in [0.15, 0.2) is 48.5 Å². The molecule has 0 saturated heterocycles. The molecule has 3 nitrogen and oxygen atoms in total. The minimum Gasteiger partial charge on any atom is -0.489 e. The van der Waals surface area contributed by atoms with Crippen LogP contribution in [0.3, 0.4) is 0 Å². The van der Waals surface area contributed by atoms with Gasteiger partial charge in [0, 0.05) is 6.07 Å². The third kappa shape index (κ3) is 3.61. The summed E-state index contributed by atoms with van der Waals surface area (Å²) >= 11 is 0. The quantitative estimate of drug-likeness (QED) is 0.662. The number of hydrazine groups is 1. The summed E-state index contributed by atoms with van der Waals surface area (Å²) in [6.07, 6.45) is 0. The lowest BCUT2D eigenvalue weighted by molar-refractivity contribution is 0.304. The SMILES string of the molecule is Cl.NNc1ccc(OCc2ccccc2)cc1F. The van der Waals surface area contributed by atoms with E-state index in [0.29, 0.717) is 12.4 Å². The van der Waals surface area contributed by atoms with Crippen LogP contribution in [0.5, 0.6) is 5.75 Å². The number of rotatable bonds is 4. The molecule has 2 aromatic rings. The van der Waals surface area contributed by atoms with Crippen molar-refractivity contribution >= 4 is 18.1 Å². The Balaban J connectivity index is 0.00000162. The number of nitrogens with two attached hydrogens (primary N) is 1. The van der Waals surface area contributed by atoms with Crippen molar-refractivity contribution < 1.29 is 9.13 Å². The summed E-state index contributed by atoms with van der Waals surface area (Å²) in [4.78, 5) is 0. The van der Waals surface area contributed by atoms with E-state index in [0.717, 1.165) is 5.56 Å². The molecule has 0 aromatic heterocycles. The van der Waals surface area contributed by atoms with Crippen molar-refractivity contribution in [2.24, 2.45) is 5.84 Å². The molecule has 5 heteroatoms. The predicted molar refractivity (Wildman–Crippen MR) is 72.2 cm³/mol. The minimum atomic E-state index is -0.432. The zero-order valence-electron chi connectivity index (χ0n) is 9.60. The lowest BCUT2D eigenvalue weighted by Crippen LogP contribution is -2.08. The van der Waals surface area contributed by atoms with Gasteiger partial charge in [0.15, 0.2) is 5.82 Å². The number of nitrogen functional groups attached to an aromatic ring is 1. The molecule has 0 bridgehead atoms. The first-order valence-electron chi connectivity index (χ1n) is 5.22. The molecule has 0 radical (unpaired) electrons. The largest absolute Gasteiger partial charge is 0.489 e. The van der Waals surface area contributed by atoms with Crippen LogP contribution < -0.4 is 16.0 Å². The van der Waals surface area contributed by atoms with Gasteiger partial charge in [-0.2, -0.15) is 0 Å². The highest BCUT2D eigenvalue weighted by Gasteiger charge is 2.02. The van der Waals surface area contributed by atoms with E-state index in [2.05, 4.69) is 5.43 Å². The van der Waals surface area contributed by atoms with Crippen LogP contribution in [0.1, 0.15) is 5.56 Å². The average Bonchev–Trinajstić information content (AvgIpc) is 2.38. The molecule has 0 atom stereocenters. The molecular formula is C13H14ClFN2O. The third-order valence-electron chi connectivity index (χ3n) is 2.34. The molecule has 0 fully saturated rings. The highest BCUT2D eigenvalue weighted by atomic mass is 35.5. The van der Waals surface area contributed by atoms with E-state index in [-0.39, 0.29) is 18.1 Å². The second kappa shape index (κ2) is 6.83. The number of halogens is 2. The van der Waals surface area contributed by atoms with Crippen molar-refractivity contribution in [1.29, 1.82) is 0 Å². The van der Waals surface area contributed by atoms with Gasteiger partial charge >= 0.3 is 0 Å². The van der Waals surface area contributed by atoms with Crippen molar-refractivity contribution in [3.63, 3.8) is 0 Å². The number of anilines is 1.